The quantitative estimate of drug-likeness (QED) is 0.699. The minimum Gasteiger partial charge on any atom is -0.508 e. The van der Waals surface area contributed by atoms with E-state index in [0.717, 1.165) is 25.1 Å². The van der Waals surface area contributed by atoms with Gasteiger partial charge in [-0.1, -0.05) is 42.8 Å². The second-order valence-corrected chi connectivity index (χ2v) is 7.39. The van der Waals surface area contributed by atoms with Gasteiger partial charge in [0.1, 0.15) is 17.6 Å². The van der Waals surface area contributed by atoms with E-state index in [1.165, 1.54) is 5.56 Å². The molecule has 4 nitrogen and oxygen atoms in total. The van der Waals surface area contributed by atoms with Gasteiger partial charge in [0.25, 0.3) is 0 Å². The van der Waals surface area contributed by atoms with Gasteiger partial charge in [0, 0.05) is 24.9 Å². The maximum absolute atomic E-state index is 11.5. The third kappa shape index (κ3) is 5.38. The van der Waals surface area contributed by atoms with Crippen LogP contribution in [0.15, 0.2) is 48.5 Å². The largest absolute Gasteiger partial charge is 0.508 e. The number of phenolic OH excluding ortho intramolecular Hbond substituents is 1. The molecule has 0 aliphatic carbocycles. The Morgan fingerprint density at radius 3 is 2.63 bits per heavy atom. The highest BCUT2D eigenvalue weighted by Crippen LogP contribution is 2.34. The van der Waals surface area contributed by atoms with Gasteiger partial charge in [-0.3, -0.25) is 0 Å². The SMILES string of the molecule is CCC(Oc1cccc(O)c1)C1CNCCC1(O)Cc1ccc(C)cc1.Cl. The number of rotatable bonds is 6. The molecule has 2 aromatic rings. The predicted octanol–water partition coefficient (Wildman–Crippen LogP) is 3.86. The molecule has 1 fully saturated rings. The van der Waals surface area contributed by atoms with Gasteiger partial charge in [0.05, 0.1) is 5.60 Å². The van der Waals surface area contributed by atoms with Crippen LogP contribution in [0.4, 0.5) is 0 Å². The van der Waals surface area contributed by atoms with Gasteiger partial charge in [-0.15, -0.1) is 12.4 Å². The van der Waals surface area contributed by atoms with Crippen molar-refractivity contribution in [2.24, 2.45) is 5.92 Å². The molecule has 148 valence electrons. The van der Waals surface area contributed by atoms with E-state index >= 15 is 0 Å². The summed E-state index contributed by atoms with van der Waals surface area (Å²) in [5.74, 6) is 0.805. The number of halogens is 1. The predicted molar refractivity (Wildman–Crippen MR) is 111 cm³/mol. The summed E-state index contributed by atoms with van der Waals surface area (Å²) in [6.07, 6.45) is 1.99. The van der Waals surface area contributed by atoms with Crippen LogP contribution in [-0.2, 0) is 6.42 Å². The van der Waals surface area contributed by atoms with Crippen LogP contribution >= 0.6 is 12.4 Å². The molecule has 0 spiro atoms. The summed E-state index contributed by atoms with van der Waals surface area (Å²) < 4.78 is 6.18. The maximum atomic E-state index is 11.5. The lowest BCUT2D eigenvalue weighted by atomic mass is 9.74. The van der Waals surface area contributed by atoms with Crippen molar-refractivity contribution in [3.63, 3.8) is 0 Å². The number of ether oxygens (including phenoxy) is 1. The smallest absolute Gasteiger partial charge is 0.123 e. The lowest BCUT2D eigenvalue weighted by Crippen LogP contribution is -2.57. The number of aliphatic hydroxyl groups is 1. The molecule has 1 aliphatic rings. The first-order valence-electron chi connectivity index (χ1n) is 9.44. The van der Waals surface area contributed by atoms with Gasteiger partial charge in [-0.05, 0) is 44.0 Å². The number of benzene rings is 2. The summed E-state index contributed by atoms with van der Waals surface area (Å²) >= 11 is 0. The highest BCUT2D eigenvalue weighted by Gasteiger charge is 2.43. The Bertz CT molecular complexity index is 722. The van der Waals surface area contributed by atoms with Crippen molar-refractivity contribution in [3.05, 3.63) is 59.7 Å². The fourth-order valence-electron chi connectivity index (χ4n) is 3.88. The molecule has 0 radical (unpaired) electrons. The van der Waals surface area contributed by atoms with Crippen LogP contribution in [0.3, 0.4) is 0 Å². The Hall–Kier alpha value is -1.75. The summed E-state index contributed by atoms with van der Waals surface area (Å²) in [6.45, 7) is 5.68. The average Bonchev–Trinajstić information content (AvgIpc) is 2.62. The van der Waals surface area contributed by atoms with Crippen molar-refractivity contribution >= 4 is 12.4 Å². The second kappa shape index (κ2) is 9.45. The number of aromatic hydroxyl groups is 1. The maximum Gasteiger partial charge on any atom is 0.123 e. The number of phenols is 1. The first kappa shape index (κ1) is 21.5. The van der Waals surface area contributed by atoms with Crippen LogP contribution in [0, 0.1) is 12.8 Å². The van der Waals surface area contributed by atoms with E-state index in [-0.39, 0.29) is 30.2 Å². The molecule has 5 heteroatoms. The van der Waals surface area contributed by atoms with Crippen LogP contribution in [0.2, 0.25) is 0 Å². The number of piperidine rings is 1. The lowest BCUT2D eigenvalue weighted by Gasteiger charge is -2.44. The molecule has 3 N–H and O–H groups in total. The first-order chi connectivity index (χ1) is 12.5. The van der Waals surface area contributed by atoms with Gasteiger partial charge in [0.15, 0.2) is 0 Å². The highest BCUT2D eigenvalue weighted by molar-refractivity contribution is 5.85. The summed E-state index contributed by atoms with van der Waals surface area (Å²) in [6, 6.07) is 15.3. The van der Waals surface area contributed by atoms with Crippen LogP contribution in [0.25, 0.3) is 0 Å². The molecule has 1 saturated heterocycles. The average molecular weight is 392 g/mol. The Morgan fingerprint density at radius 2 is 1.96 bits per heavy atom. The Balaban J connectivity index is 0.00000261. The minimum atomic E-state index is -0.808. The van der Waals surface area contributed by atoms with Crippen molar-refractivity contribution in [3.8, 4) is 11.5 Å². The van der Waals surface area contributed by atoms with E-state index < -0.39 is 5.60 Å². The van der Waals surface area contributed by atoms with Crippen molar-refractivity contribution in [2.45, 2.75) is 44.8 Å². The Kier molecular flexibility index (Phi) is 7.54. The van der Waals surface area contributed by atoms with Gasteiger partial charge in [-0.2, -0.15) is 0 Å². The normalized spacial score (nSPS) is 23.3. The molecule has 27 heavy (non-hydrogen) atoms. The topological polar surface area (TPSA) is 61.7 Å². The molecule has 3 unspecified atom stereocenters. The van der Waals surface area contributed by atoms with E-state index in [1.807, 2.05) is 6.07 Å². The lowest BCUT2D eigenvalue weighted by molar-refractivity contribution is -0.0821. The molecule has 2 aromatic carbocycles. The van der Waals surface area contributed by atoms with Crippen molar-refractivity contribution in [2.75, 3.05) is 13.1 Å². The van der Waals surface area contributed by atoms with Crippen LogP contribution in [0.1, 0.15) is 30.9 Å². The molecule has 0 bridgehead atoms. The molecule has 0 amide bonds. The fourth-order valence-corrected chi connectivity index (χ4v) is 3.88. The molecule has 3 atom stereocenters. The van der Waals surface area contributed by atoms with Gasteiger partial charge < -0.3 is 20.3 Å². The molecule has 0 saturated carbocycles. The monoisotopic (exact) mass is 391 g/mol. The van der Waals surface area contributed by atoms with E-state index in [1.54, 1.807) is 18.2 Å². The van der Waals surface area contributed by atoms with Crippen molar-refractivity contribution in [1.82, 2.24) is 5.32 Å². The number of aryl methyl sites for hydroxylation is 1. The second-order valence-electron chi connectivity index (χ2n) is 7.39. The zero-order valence-electron chi connectivity index (χ0n) is 16.0. The third-order valence-corrected chi connectivity index (χ3v) is 5.38. The third-order valence-electron chi connectivity index (χ3n) is 5.38. The highest BCUT2D eigenvalue weighted by atomic mass is 35.5. The zero-order chi connectivity index (χ0) is 18.6. The van der Waals surface area contributed by atoms with Gasteiger partial charge in [-0.25, -0.2) is 0 Å². The van der Waals surface area contributed by atoms with E-state index in [2.05, 4.69) is 43.4 Å². The van der Waals surface area contributed by atoms with Gasteiger partial charge >= 0.3 is 0 Å². The van der Waals surface area contributed by atoms with E-state index in [4.69, 9.17) is 4.74 Å². The summed E-state index contributed by atoms with van der Waals surface area (Å²) in [5.41, 5.74) is 1.57. The summed E-state index contributed by atoms with van der Waals surface area (Å²) in [4.78, 5) is 0. The molecule has 1 aliphatic heterocycles. The molecule has 1 heterocycles. The van der Waals surface area contributed by atoms with Crippen LogP contribution < -0.4 is 10.1 Å². The molecular weight excluding hydrogens is 362 g/mol. The van der Waals surface area contributed by atoms with Crippen LogP contribution in [-0.4, -0.2) is 35.0 Å². The number of hydrogen-bond donors (Lipinski definition) is 3. The van der Waals surface area contributed by atoms with Crippen molar-refractivity contribution < 1.29 is 14.9 Å². The molecule has 3 rings (SSSR count). The van der Waals surface area contributed by atoms with E-state index in [0.29, 0.717) is 18.6 Å². The Labute approximate surface area is 168 Å². The van der Waals surface area contributed by atoms with Crippen molar-refractivity contribution in [1.29, 1.82) is 0 Å². The van der Waals surface area contributed by atoms with Crippen LogP contribution in [0.5, 0.6) is 11.5 Å². The first-order valence-corrected chi connectivity index (χ1v) is 9.44. The Morgan fingerprint density at radius 1 is 1.22 bits per heavy atom. The summed E-state index contributed by atoms with van der Waals surface area (Å²) in [7, 11) is 0. The zero-order valence-corrected chi connectivity index (χ0v) is 16.8. The summed E-state index contributed by atoms with van der Waals surface area (Å²) in [5, 5.41) is 24.6. The standard InChI is InChI=1S/C22H29NO3.ClH/c1-3-21(26-19-6-4-5-18(24)13-19)20-15-23-12-11-22(20,25)14-17-9-7-16(2)8-10-17;/h4-10,13,20-21,23-25H,3,11-12,14-15H2,1-2H3;1H. The number of nitrogens with one attached hydrogen (secondary N) is 1. The fraction of sp³-hybridized carbons (Fsp3) is 0.455. The number of hydrogen-bond acceptors (Lipinski definition) is 4. The molecular formula is C22H30ClNO3. The van der Waals surface area contributed by atoms with Gasteiger partial charge in [0.2, 0.25) is 0 Å². The van der Waals surface area contributed by atoms with E-state index in [9.17, 15) is 10.2 Å². The molecule has 0 aromatic heterocycles. The minimum absolute atomic E-state index is 0.